The average Bonchev–Trinajstić information content (AvgIpc) is 3.24. The molecule has 0 unspecified atom stereocenters. The molecule has 1 amide bonds. The highest BCUT2D eigenvalue weighted by Crippen LogP contribution is 2.21. The predicted molar refractivity (Wildman–Crippen MR) is 125 cm³/mol. The Bertz CT molecular complexity index is 1130. The molecule has 1 saturated carbocycles. The lowest BCUT2D eigenvalue weighted by molar-refractivity contribution is -0.119. The number of nitrogens with one attached hydrogen (secondary N) is 1. The third-order valence-electron chi connectivity index (χ3n) is 5.76. The molecule has 0 saturated heterocycles. The van der Waals surface area contributed by atoms with Gasteiger partial charge < -0.3 is 10.1 Å². The molecule has 4 rings (SSSR count). The first-order valence-corrected chi connectivity index (χ1v) is 12.1. The first-order valence-electron chi connectivity index (χ1n) is 11.1. The van der Waals surface area contributed by atoms with E-state index in [0.29, 0.717) is 29.3 Å². The van der Waals surface area contributed by atoms with Crippen molar-refractivity contribution in [1.82, 2.24) is 24.6 Å². The van der Waals surface area contributed by atoms with Crippen LogP contribution in [0.4, 0.5) is 0 Å². The lowest BCUT2D eigenvalue weighted by atomic mass is 9.95. The molecule has 1 fully saturated rings. The van der Waals surface area contributed by atoms with Crippen molar-refractivity contribution < 1.29 is 9.53 Å². The molecule has 0 bridgehead atoms. The Balaban J connectivity index is 1.58. The fraction of sp³-hybridized carbons (Fsp3) is 0.478. The summed E-state index contributed by atoms with van der Waals surface area (Å²) in [5, 5.41) is 8.04. The third kappa shape index (κ3) is 5.15. The van der Waals surface area contributed by atoms with Crippen molar-refractivity contribution in [2.24, 2.45) is 0 Å². The zero-order valence-corrected chi connectivity index (χ0v) is 19.4. The molecule has 1 aliphatic rings. The van der Waals surface area contributed by atoms with Crippen molar-refractivity contribution in [1.29, 1.82) is 0 Å². The molecule has 2 aromatic heterocycles. The van der Waals surface area contributed by atoms with Crippen LogP contribution in [-0.2, 0) is 17.9 Å². The van der Waals surface area contributed by atoms with Crippen LogP contribution in [0.15, 0.2) is 40.4 Å². The number of aromatic nitrogens is 4. The van der Waals surface area contributed by atoms with E-state index < -0.39 is 0 Å². The molecule has 8 nitrogen and oxygen atoms in total. The smallest absolute Gasteiger partial charge is 0.282 e. The van der Waals surface area contributed by atoms with Crippen LogP contribution in [-0.4, -0.2) is 44.1 Å². The van der Waals surface area contributed by atoms with Crippen LogP contribution in [0, 0.1) is 0 Å². The zero-order chi connectivity index (χ0) is 22.5. The van der Waals surface area contributed by atoms with E-state index in [1.54, 1.807) is 22.6 Å². The van der Waals surface area contributed by atoms with E-state index >= 15 is 0 Å². The minimum atomic E-state index is -0.201. The number of nitrogens with zero attached hydrogens (tertiary/aromatic N) is 4. The number of carbonyl (C=O) groups is 1. The number of rotatable bonds is 8. The number of ether oxygens (including phenoxy) is 1. The molecule has 2 heterocycles. The normalized spacial score (nSPS) is 14.6. The lowest BCUT2D eigenvalue weighted by Crippen LogP contribution is -2.37. The molecule has 3 aromatic rings. The van der Waals surface area contributed by atoms with Gasteiger partial charge in [-0.05, 0) is 37.5 Å². The molecular formula is C23H29N5O3S. The van der Waals surface area contributed by atoms with Crippen LogP contribution in [0.2, 0.25) is 0 Å². The van der Waals surface area contributed by atoms with Gasteiger partial charge in [0.1, 0.15) is 11.3 Å². The molecule has 0 spiro atoms. The number of hydrogen-bond donors (Lipinski definition) is 1. The molecule has 1 aliphatic carbocycles. The Labute approximate surface area is 191 Å². The van der Waals surface area contributed by atoms with E-state index in [1.165, 1.54) is 31.0 Å². The fourth-order valence-corrected chi connectivity index (χ4v) is 4.80. The quantitative estimate of drug-likeness (QED) is 0.414. The van der Waals surface area contributed by atoms with E-state index in [9.17, 15) is 9.59 Å². The van der Waals surface area contributed by atoms with E-state index in [4.69, 9.17) is 9.72 Å². The second kappa shape index (κ2) is 10.2. The number of hydrogen-bond acceptors (Lipinski definition) is 6. The SMILES string of the molecule is CCn1cc2nc(SCC(=O)NC3CCCCC3)n(Cc3ccc(OC)cc3)c(=O)c2n1. The summed E-state index contributed by atoms with van der Waals surface area (Å²) >= 11 is 1.29. The van der Waals surface area contributed by atoms with Gasteiger partial charge in [0.25, 0.3) is 5.56 Å². The molecule has 9 heteroatoms. The number of aryl methyl sites for hydroxylation is 1. The van der Waals surface area contributed by atoms with Crippen molar-refractivity contribution in [3.05, 3.63) is 46.4 Å². The average molecular weight is 456 g/mol. The van der Waals surface area contributed by atoms with Crippen molar-refractivity contribution in [3.8, 4) is 5.75 Å². The summed E-state index contributed by atoms with van der Waals surface area (Å²) in [6.07, 6.45) is 7.44. The highest BCUT2D eigenvalue weighted by atomic mass is 32.2. The second-order valence-electron chi connectivity index (χ2n) is 8.04. The number of amides is 1. The lowest BCUT2D eigenvalue weighted by Gasteiger charge is -2.22. The maximum Gasteiger partial charge on any atom is 0.282 e. The Morgan fingerprint density at radius 1 is 1.22 bits per heavy atom. The highest BCUT2D eigenvalue weighted by molar-refractivity contribution is 7.99. The monoisotopic (exact) mass is 455 g/mol. The summed E-state index contributed by atoms with van der Waals surface area (Å²) < 4.78 is 8.54. The van der Waals surface area contributed by atoms with Crippen molar-refractivity contribution >= 4 is 28.7 Å². The third-order valence-corrected chi connectivity index (χ3v) is 6.74. The number of benzene rings is 1. The van der Waals surface area contributed by atoms with Crippen LogP contribution in [0.25, 0.3) is 11.0 Å². The number of fused-ring (bicyclic) bond motifs is 1. The maximum atomic E-state index is 13.3. The largest absolute Gasteiger partial charge is 0.497 e. The van der Waals surface area contributed by atoms with Gasteiger partial charge in [0, 0.05) is 12.6 Å². The Morgan fingerprint density at radius 2 is 1.97 bits per heavy atom. The Kier molecular flexibility index (Phi) is 7.14. The summed E-state index contributed by atoms with van der Waals surface area (Å²) in [5.74, 6) is 0.959. The minimum absolute atomic E-state index is 0.0171. The summed E-state index contributed by atoms with van der Waals surface area (Å²) in [4.78, 5) is 30.5. The van der Waals surface area contributed by atoms with Crippen LogP contribution in [0.5, 0.6) is 5.75 Å². The number of carbonyl (C=O) groups excluding carboxylic acids is 1. The van der Waals surface area contributed by atoms with Gasteiger partial charge in [0.15, 0.2) is 10.7 Å². The van der Waals surface area contributed by atoms with E-state index in [2.05, 4.69) is 10.4 Å². The van der Waals surface area contributed by atoms with Crippen LogP contribution in [0.3, 0.4) is 0 Å². The van der Waals surface area contributed by atoms with E-state index in [1.807, 2.05) is 31.2 Å². The predicted octanol–water partition coefficient (Wildman–Crippen LogP) is 3.21. The van der Waals surface area contributed by atoms with Crippen molar-refractivity contribution in [2.75, 3.05) is 12.9 Å². The standard InChI is InChI=1S/C23H29N5O3S/c1-3-27-14-19-21(26-27)22(30)28(13-16-9-11-18(31-2)12-10-16)23(25-19)32-15-20(29)24-17-7-5-4-6-8-17/h9-12,14,17H,3-8,13,15H2,1-2H3,(H,24,29). The summed E-state index contributed by atoms with van der Waals surface area (Å²) in [6.45, 7) is 2.96. The highest BCUT2D eigenvalue weighted by Gasteiger charge is 2.19. The van der Waals surface area contributed by atoms with Crippen LogP contribution in [0.1, 0.15) is 44.6 Å². The molecule has 1 N–H and O–H groups in total. The van der Waals surface area contributed by atoms with Crippen LogP contribution >= 0.6 is 11.8 Å². The van der Waals surface area contributed by atoms with Crippen LogP contribution < -0.4 is 15.6 Å². The molecule has 1 aromatic carbocycles. The first-order chi connectivity index (χ1) is 15.6. The van der Waals surface area contributed by atoms with Gasteiger partial charge in [-0.15, -0.1) is 0 Å². The first kappa shape index (κ1) is 22.4. The fourth-order valence-electron chi connectivity index (χ4n) is 3.99. The van der Waals surface area contributed by atoms with Gasteiger partial charge in [0.05, 0.1) is 25.6 Å². The summed E-state index contributed by atoms with van der Waals surface area (Å²) in [6, 6.07) is 7.83. The molecular weight excluding hydrogens is 426 g/mol. The molecule has 0 aliphatic heterocycles. The molecule has 0 atom stereocenters. The van der Waals surface area contributed by atoms with Gasteiger partial charge in [-0.3, -0.25) is 18.8 Å². The maximum absolute atomic E-state index is 13.3. The van der Waals surface area contributed by atoms with Gasteiger partial charge in [-0.2, -0.15) is 5.10 Å². The second-order valence-corrected chi connectivity index (χ2v) is 8.99. The van der Waals surface area contributed by atoms with E-state index in [0.717, 1.165) is 24.2 Å². The van der Waals surface area contributed by atoms with Crippen molar-refractivity contribution in [3.63, 3.8) is 0 Å². The molecule has 170 valence electrons. The zero-order valence-electron chi connectivity index (χ0n) is 18.5. The topological polar surface area (TPSA) is 91.0 Å². The van der Waals surface area contributed by atoms with Gasteiger partial charge in [0.2, 0.25) is 5.91 Å². The van der Waals surface area contributed by atoms with Gasteiger partial charge >= 0.3 is 0 Å². The molecule has 32 heavy (non-hydrogen) atoms. The summed E-state index contributed by atoms with van der Waals surface area (Å²) in [7, 11) is 1.62. The van der Waals surface area contributed by atoms with Gasteiger partial charge in [-0.1, -0.05) is 43.2 Å². The summed E-state index contributed by atoms with van der Waals surface area (Å²) in [5.41, 5.74) is 1.64. The molecule has 0 radical (unpaired) electrons. The number of thioether (sulfide) groups is 1. The Hall–Kier alpha value is -2.81. The minimum Gasteiger partial charge on any atom is -0.497 e. The van der Waals surface area contributed by atoms with E-state index in [-0.39, 0.29) is 23.3 Å². The van der Waals surface area contributed by atoms with Crippen molar-refractivity contribution in [2.45, 2.75) is 63.3 Å². The number of methoxy groups -OCH3 is 1. The van der Waals surface area contributed by atoms with Gasteiger partial charge in [-0.25, -0.2) is 4.98 Å². The Morgan fingerprint density at radius 3 is 2.66 bits per heavy atom.